The Balaban J connectivity index is 3.56. The van der Waals surface area contributed by atoms with Gasteiger partial charge in [-0.1, -0.05) is 27.7 Å². The maximum Gasteiger partial charge on any atom is 0.220 e. The second kappa shape index (κ2) is 6.82. The van der Waals surface area contributed by atoms with Crippen LogP contribution in [0.5, 0.6) is 0 Å². The van der Waals surface area contributed by atoms with Gasteiger partial charge in [-0.05, 0) is 18.3 Å². The normalized spacial score (nSPS) is 13.4. The van der Waals surface area contributed by atoms with E-state index in [0.29, 0.717) is 24.8 Å². The molecule has 0 rings (SSSR count). The molecular weight excluding hydrogens is 178 g/mol. The average Bonchev–Trinajstić information content (AvgIpc) is 1.98. The Morgan fingerprint density at radius 2 is 1.79 bits per heavy atom. The molecule has 84 valence electrons. The number of aliphatic hydroxyl groups excluding tert-OH is 1. The Morgan fingerprint density at radius 1 is 1.21 bits per heavy atom. The Bertz CT molecular complexity index is 167. The molecule has 0 aliphatic carbocycles. The van der Waals surface area contributed by atoms with Gasteiger partial charge in [0.15, 0.2) is 0 Å². The topological polar surface area (TPSA) is 49.3 Å². The highest BCUT2D eigenvalue weighted by atomic mass is 16.3. The van der Waals surface area contributed by atoms with E-state index in [4.69, 9.17) is 0 Å². The molecule has 2 N–H and O–H groups in total. The lowest BCUT2D eigenvalue weighted by Gasteiger charge is -2.14. The summed E-state index contributed by atoms with van der Waals surface area (Å²) in [5.41, 5.74) is 0. The van der Waals surface area contributed by atoms with E-state index in [0.717, 1.165) is 6.42 Å². The van der Waals surface area contributed by atoms with Crippen LogP contribution < -0.4 is 5.32 Å². The van der Waals surface area contributed by atoms with Crippen LogP contribution in [0.2, 0.25) is 0 Å². The monoisotopic (exact) mass is 201 g/mol. The van der Waals surface area contributed by atoms with Crippen molar-refractivity contribution in [2.45, 2.75) is 46.6 Å². The fourth-order valence-corrected chi connectivity index (χ4v) is 1.30. The number of carbonyl (C=O) groups excluding carboxylic acids is 1. The smallest absolute Gasteiger partial charge is 0.220 e. The number of hydrogen-bond acceptors (Lipinski definition) is 2. The van der Waals surface area contributed by atoms with E-state index in [1.165, 1.54) is 0 Å². The first-order chi connectivity index (χ1) is 6.41. The molecule has 0 aromatic heterocycles. The van der Waals surface area contributed by atoms with Crippen molar-refractivity contribution >= 4 is 5.91 Å². The summed E-state index contributed by atoms with van der Waals surface area (Å²) >= 11 is 0. The quantitative estimate of drug-likeness (QED) is 0.685. The summed E-state index contributed by atoms with van der Waals surface area (Å²) in [6.07, 6.45) is 0.863. The molecule has 1 atom stereocenters. The standard InChI is InChI=1S/C11H23NO2/c1-8(2)5-10(13)7-12-11(14)6-9(3)4/h8-10,13H,5-7H2,1-4H3,(H,12,14). The Labute approximate surface area is 86.9 Å². The zero-order valence-corrected chi connectivity index (χ0v) is 9.71. The molecule has 0 aromatic carbocycles. The first-order valence-corrected chi connectivity index (χ1v) is 5.36. The van der Waals surface area contributed by atoms with Gasteiger partial charge in [0.25, 0.3) is 0 Å². The molecule has 14 heavy (non-hydrogen) atoms. The maximum atomic E-state index is 11.2. The van der Waals surface area contributed by atoms with Crippen LogP contribution in [0.1, 0.15) is 40.5 Å². The summed E-state index contributed by atoms with van der Waals surface area (Å²) in [5, 5.41) is 12.2. The predicted molar refractivity (Wildman–Crippen MR) is 57.9 cm³/mol. The lowest BCUT2D eigenvalue weighted by molar-refractivity contribution is -0.122. The molecule has 0 saturated heterocycles. The molecule has 0 aliphatic heterocycles. The predicted octanol–water partition coefficient (Wildman–Crippen LogP) is 1.56. The van der Waals surface area contributed by atoms with Gasteiger partial charge in [0.05, 0.1) is 6.10 Å². The van der Waals surface area contributed by atoms with Crippen LogP contribution in [0.3, 0.4) is 0 Å². The van der Waals surface area contributed by atoms with Crippen LogP contribution in [0.25, 0.3) is 0 Å². The fourth-order valence-electron chi connectivity index (χ4n) is 1.30. The molecular formula is C11H23NO2. The van der Waals surface area contributed by atoms with Gasteiger partial charge in [-0.25, -0.2) is 0 Å². The summed E-state index contributed by atoms with van der Waals surface area (Å²) in [7, 11) is 0. The molecule has 1 amide bonds. The molecule has 0 heterocycles. The molecule has 0 radical (unpaired) electrons. The first kappa shape index (κ1) is 13.4. The summed E-state index contributed by atoms with van der Waals surface area (Å²) in [4.78, 5) is 11.2. The van der Waals surface area contributed by atoms with Gasteiger partial charge in [-0.3, -0.25) is 4.79 Å². The molecule has 0 aliphatic rings. The van der Waals surface area contributed by atoms with Gasteiger partial charge in [0.1, 0.15) is 0 Å². The minimum absolute atomic E-state index is 0.0304. The van der Waals surface area contributed by atoms with Crippen molar-refractivity contribution in [3.8, 4) is 0 Å². The van der Waals surface area contributed by atoms with Crippen molar-refractivity contribution in [3.63, 3.8) is 0 Å². The van der Waals surface area contributed by atoms with Gasteiger partial charge >= 0.3 is 0 Å². The van der Waals surface area contributed by atoms with Crippen molar-refractivity contribution in [1.29, 1.82) is 0 Å². The Kier molecular flexibility index (Phi) is 6.54. The third-order valence-corrected chi connectivity index (χ3v) is 1.87. The summed E-state index contributed by atoms with van der Waals surface area (Å²) in [6, 6.07) is 0. The van der Waals surface area contributed by atoms with Crippen molar-refractivity contribution in [3.05, 3.63) is 0 Å². The highest BCUT2D eigenvalue weighted by Gasteiger charge is 2.09. The van der Waals surface area contributed by atoms with E-state index in [9.17, 15) is 9.90 Å². The summed E-state index contributed by atoms with van der Waals surface area (Å²) in [6.45, 7) is 8.50. The van der Waals surface area contributed by atoms with Gasteiger partial charge in [-0.15, -0.1) is 0 Å². The molecule has 0 spiro atoms. The van der Waals surface area contributed by atoms with Crippen LogP contribution in [0.4, 0.5) is 0 Å². The Hall–Kier alpha value is -0.570. The second-order valence-electron chi connectivity index (χ2n) is 4.69. The molecule has 1 unspecified atom stereocenters. The molecule has 0 bridgehead atoms. The first-order valence-electron chi connectivity index (χ1n) is 5.36. The van der Waals surface area contributed by atoms with Crippen molar-refractivity contribution in [2.24, 2.45) is 11.8 Å². The molecule has 0 fully saturated rings. The third-order valence-electron chi connectivity index (χ3n) is 1.87. The van der Waals surface area contributed by atoms with E-state index in [2.05, 4.69) is 19.2 Å². The van der Waals surface area contributed by atoms with E-state index >= 15 is 0 Å². The lowest BCUT2D eigenvalue weighted by Crippen LogP contribution is -2.33. The van der Waals surface area contributed by atoms with Crippen molar-refractivity contribution in [2.75, 3.05) is 6.54 Å². The van der Waals surface area contributed by atoms with E-state index in [1.54, 1.807) is 0 Å². The van der Waals surface area contributed by atoms with Crippen LogP contribution in [0.15, 0.2) is 0 Å². The van der Waals surface area contributed by atoms with Crippen LogP contribution in [0, 0.1) is 11.8 Å². The summed E-state index contributed by atoms with van der Waals surface area (Å²) < 4.78 is 0. The molecule has 3 heteroatoms. The van der Waals surface area contributed by atoms with Gasteiger partial charge in [-0.2, -0.15) is 0 Å². The lowest BCUT2D eigenvalue weighted by atomic mass is 10.1. The number of rotatable bonds is 6. The number of amides is 1. The minimum Gasteiger partial charge on any atom is -0.391 e. The number of aliphatic hydroxyl groups is 1. The van der Waals surface area contributed by atoms with Gasteiger partial charge in [0.2, 0.25) is 5.91 Å². The molecule has 3 nitrogen and oxygen atoms in total. The van der Waals surface area contributed by atoms with Gasteiger partial charge < -0.3 is 10.4 Å². The third kappa shape index (κ3) is 8.05. The zero-order valence-electron chi connectivity index (χ0n) is 9.71. The van der Waals surface area contributed by atoms with Crippen molar-refractivity contribution in [1.82, 2.24) is 5.32 Å². The largest absolute Gasteiger partial charge is 0.391 e. The SMILES string of the molecule is CC(C)CC(=O)NCC(O)CC(C)C. The highest BCUT2D eigenvalue weighted by Crippen LogP contribution is 2.04. The summed E-state index contributed by atoms with van der Waals surface area (Å²) in [5.74, 6) is 0.868. The number of nitrogens with one attached hydrogen (secondary N) is 1. The van der Waals surface area contributed by atoms with Crippen LogP contribution >= 0.6 is 0 Å². The number of hydrogen-bond donors (Lipinski definition) is 2. The zero-order chi connectivity index (χ0) is 11.1. The fraction of sp³-hybridized carbons (Fsp3) is 0.909. The van der Waals surface area contributed by atoms with Crippen LogP contribution in [-0.2, 0) is 4.79 Å². The highest BCUT2D eigenvalue weighted by molar-refractivity contribution is 5.76. The average molecular weight is 201 g/mol. The van der Waals surface area contributed by atoms with E-state index in [1.807, 2.05) is 13.8 Å². The van der Waals surface area contributed by atoms with Crippen molar-refractivity contribution < 1.29 is 9.90 Å². The molecule has 0 saturated carbocycles. The van der Waals surface area contributed by atoms with E-state index in [-0.39, 0.29) is 5.91 Å². The molecule has 0 aromatic rings. The number of carbonyl (C=O) groups is 1. The Morgan fingerprint density at radius 3 is 2.21 bits per heavy atom. The maximum absolute atomic E-state index is 11.2. The second-order valence-corrected chi connectivity index (χ2v) is 4.69. The van der Waals surface area contributed by atoms with E-state index < -0.39 is 6.10 Å². The van der Waals surface area contributed by atoms with Gasteiger partial charge in [0, 0.05) is 13.0 Å². The van der Waals surface area contributed by atoms with Crippen LogP contribution in [-0.4, -0.2) is 23.7 Å². The minimum atomic E-state index is -0.411.